The summed E-state index contributed by atoms with van der Waals surface area (Å²) in [6.07, 6.45) is 4.79. The molecule has 6 rings (SSSR count). The molecule has 1 atom stereocenters. The van der Waals surface area contributed by atoms with Crippen LogP contribution in [0.5, 0.6) is 0 Å². The molecule has 0 radical (unpaired) electrons. The molecule has 1 saturated heterocycles. The first kappa shape index (κ1) is 28.1. The van der Waals surface area contributed by atoms with Crippen molar-refractivity contribution >= 4 is 35.1 Å². The number of amides is 1. The Balaban J connectivity index is 0.00000308. The summed E-state index contributed by atoms with van der Waals surface area (Å²) in [6.45, 7) is 3.34. The predicted octanol–water partition coefficient (Wildman–Crippen LogP) is 5.79. The molecule has 1 aliphatic carbocycles. The maximum absolute atomic E-state index is 13.8. The van der Waals surface area contributed by atoms with Crippen molar-refractivity contribution in [3.8, 4) is 11.3 Å². The van der Waals surface area contributed by atoms with Crippen molar-refractivity contribution in [3.05, 3.63) is 53.7 Å². The summed E-state index contributed by atoms with van der Waals surface area (Å²) >= 11 is 0. The van der Waals surface area contributed by atoms with Gasteiger partial charge in [0.2, 0.25) is 0 Å². The Morgan fingerprint density at radius 3 is 2.46 bits per heavy atom. The summed E-state index contributed by atoms with van der Waals surface area (Å²) in [4.78, 5) is 20.1. The van der Waals surface area contributed by atoms with E-state index in [0.29, 0.717) is 42.7 Å². The lowest BCUT2D eigenvalue weighted by Crippen LogP contribution is -2.42. The third kappa shape index (κ3) is 5.35. The molecular weight excluding hydrogens is 547 g/mol. The maximum Gasteiger partial charge on any atom is 0.416 e. The molecule has 7 nitrogen and oxygen atoms in total. The van der Waals surface area contributed by atoms with Gasteiger partial charge in [0.25, 0.3) is 5.91 Å². The molecule has 1 saturated carbocycles. The number of aromatic nitrogens is 4. The van der Waals surface area contributed by atoms with Crippen molar-refractivity contribution in [2.24, 2.45) is 0 Å². The van der Waals surface area contributed by atoms with E-state index in [-0.39, 0.29) is 25.4 Å². The first-order chi connectivity index (χ1) is 18.1. The minimum atomic E-state index is -4.43. The highest BCUT2D eigenvalue weighted by Gasteiger charge is 2.37. The highest BCUT2D eigenvalue weighted by Crippen LogP contribution is 2.57. The molecule has 1 aromatic carbocycles. The smallest absolute Gasteiger partial charge is 0.360 e. The van der Waals surface area contributed by atoms with Gasteiger partial charge in [-0.15, -0.1) is 0 Å². The average molecular weight is 582 g/mol. The van der Waals surface area contributed by atoms with E-state index in [2.05, 4.69) is 15.9 Å². The lowest BCUT2D eigenvalue weighted by atomic mass is 9.85. The molecule has 1 amide bonds. The van der Waals surface area contributed by atoms with Gasteiger partial charge in [-0.2, -0.15) is 31.8 Å². The molecule has 2 fully saturated rings. The number of ether oxygens (including phenoxy) is 1. The van der Waals surface area contributed by atoms with Gasteiger partial charge in [-0.25, -0.2) is 15.0 Å². The van der Waals surface area contributed by atoms with Gasteiger partial charge in [-0.05, 0) is 61.8 Å². The second-order valence-corrected chi connectivity index (χ2v) is 15.0. The molecule has 0 bridgehead atoms. The number of alkyl halides is 3. The molecule has 3 aliphatic rings. The van der Waals surface area contributed by atoms with Gasteiger partial charge in [0.05, 0.1) is 41.9 Å². The summed E-state index contributed by atoms with van der Waals surface area (Å²) in [7, 11) is -0.433. The summed E-state index contributed by atoms with van der Waals surface area (Å²) < 4.78 is 49.2. The summed E-state index contributed by atoms with van der Waals surface area (Å²) in [5.41, 5.74) is 1.55. The standard InChI is InChI=1S/C27H32F3N5O2S.H2S/c1-18-16-33(21-8-6-20(7-9-21)27(28,29)30)26(36)24-22(14-32-35(18)24)23-15-31-25(19-4-3-5-19)34(23)17-37-10-11-38(2)12-13-38;/h6-9,14-15,18-19H,3-5,10-13,16-17H2,1-2H3;1H2/t18-;/m0./s1. The van der Waals surface area contributed by atoms with Crippen LogP contribution in [-0.2, 0) is 17.6 Å². The van der Waals surface area contributed by atoms with E-state index in [0.717, 1.165) is 42.2 Å². The fraction of sp³-hybridized carbons (Fsp3) is 0.519. The Labute approximate surface area is 234 Å². The van der Waals surface area contributed by atoms with Crippen LogP contribution in [0.25, 0.3) is 11.3 Å². The number of carbonyl (C=O) groups is 1. The minimum absolute atomic E-state index is 0. The molecule has 12 heteroatoms. The number of carbonyl (C=O) groups excluding carboxylic acids is 1. The SMILES string of the molecule is C[C@H]1CN(c2ccc(C(F)(F)F)cc2)C(=O)c2c(-c3cnc(C4CCC4)n3COCCS3(C)CC3)cnn21.S. The largest absolute Gasteiger partial charge is 0.416 e. The first-order valence-corrected chi connectivity index (χ1v) is 15.6. The van der Waals surface area contributed by atoms with E-state index in [9.17, 15) is 18.0 Å². The lowest BCUT2D eigenvalue weighted by molar-refractivity contribution is -0.137. The number of hydrogen-bond donors (Lipinski definition) is 0. The summed E-state index contributed by atoms with van der Waals surface area (Å²) in [6, 6.07) is 4.59. The Bertz CT molecular complexity index is 1350. The van der Waals surface area contributed by atoms with Crippen LogP contribution in [0.1, 0.15) is 60.0 Å². The van der Waals surface area contributed by atoms with Gasteiger partial charge in [0, 0.05) is 23.9 Å². The van der Waals surface area contributed by atoms with Crippen LogP contribution in [0.4, 0.5) is 18.9 Å². The molecule has 2 aromatic heterocycles. The molecule has 4 heterocycles. The van der Waals surface area contributed by atoms with Crippen LogP contribution < -0.4 is 4.90 Å². The number of halogens is 3. The molecule has 3 aromatic rings. The van der Waals surface area contributed by atoms with Gasteiger partial charge in [0.1, 0.15) is 18.2 Å². The Kier molecular flexibility index (Phi) is 7.58. The summed E-state index contributed by atoms with van der Waals surface area (Å²) in [5.74, 6) is 4.84. The summed E-state index contributed by atoms with van der Waals surface area (Å²) in [5, 5.41) is 4.55. The van der Waals surface area contributed by atoms with E-state index >= 15 is 0 Å². The van der Waals surface area contributed by atoms with Crippen molar-refractivity contribution in [1.82, 2.24) is 19.3 Å². The van der Waals surface area contributed by atoms with Crippen LogP contribution in [0.2, 0.25) is 0 Å². The number of benzene rings is 1. The third-order valence-electron chi connectivity index (χ3n) is 8.09. The van der Waals surface area contributed by atoms with E-state index in [1.54, 1.807) is 17.1 Å². The van der Waals surface area contributed by atoms with Crippen LogP contribution >= 0.6 is 23.5 Å². The topological polar surface area (TPSA) is 65.2 Å². The molecule has 2 aliphatic heterocycles. The van der Waals surface area contributed by atoms with Crippen molar-refractivity contribution in [2.75, 3.05) is 41.6 Å². The van der Waals surface area contributed by atoms with Gasteiger partial charge in [-0.1, -0.05) is 6.42 Å². The van der Waals surface area contributed by atoms with Crippen LogP contribution in [0, 0.1) is 0 Å². The zero-order valence-corrected chi connectivity index (χ0v) is 23.9. The average Bonchev–Trinajstić information content (AvgIpc) is 3.23. The van der Waals surface area contributed by atoms with E-state index in [1.807, 2.05) is 6.92 Å². The van der Waals surface area contributed by atoms with Gasteiger partial charge in [0.15, 0.2) is 0 Å². The van der Waals surface area contributed by atoms with Crippen molar-refractivity contribution in [2.45, 2.75) is 51.1 Å². The Morgan fingerprint density at radius 1 is 1.13 bits per heavy atom. The van der Waals surface area contributed by atoms with Crippen LogP contribution in [0.15, 0.2) is 36.7 Å². The maximum atomic E-state index is 13.8. The number of anilines is 1. The molecule has 212 valence electrons. The number of imidazole rings is 1. The van der Waals surface area contributed by atoms with Gasteiger partial charge in [-0.3, -0.25) is 9.48 Å². The fourth-order valence-electron chi connectivity index (χ4n) is 5.20. The molecule has 39 heavy (non-hydrogen) atoms. The monoisotopic (exact) mass is 581 g/mol. The number of rotatable bonds is 8. The van der Waals surface area contributed by atoms with Crippen molar-refractivity contribution in [3.63, 3.8) is 0 Å². The Morgan fingerprint density at radius 2 is 1.85 bits per heavy atom. The second-order valence-electron chi connectivity index (χ2n) is 10.8. The zero-order valence-electron chi connectivity index (χ0n) is 22.1. The highest BCUT2D eigenvalue weighted by atomic mass is 32.3. The van der Waals surface area contributed by atoms with E-state index in [4.69, 9.17) is 9.72 Å². The zero-order chi connectivity index (χ0) is 26.7. The van der Waals surface area contributed by atoms with Crippen molar-refractivity contribution < 1.29 is 22.7 Å². The number of fused-ring (bicyclic) bond motifs is 1. The van der Waals surface area contributed by atoms with Gasteiger partial charge >= 0.3 is 6.18 Å². The van der Waals surface area contributed by atoms with Crippen LogP contribution in [-0.4, -0.2) is 61.9 Å². The van der Waals surface area contributed by atoms with Crippen molar-refractivity contribution in [1.29, 1.82) is 0 Å². The Hall–Kier alpha value is -2.44. The third-order valence-corrected chi connectivity index (χ3v) is 11.0. The normalized spacial score (nSPS) is 21.2. The number of nitrogens with zero attached hydrogens (tertiary/aromatic N) is 5. The second kappa shape index (κ2) is 10.5. The van der Waals surface area contributed by atoms with E-state index < -0.39 is 21.8 Å². The quantitative estimate of drug-likeness (QED) is 0.250. The molecule has 0 unspecified atom stereocenters. The minimum Gasteiger partial charge on any atom is -0.360 e. The highest BCUT2D eigenvalue weighted by molar-refractivity contribution is 8.38. The molecule has 0 N–H and O–H groups in total. The predicted molar refractivity (Wildman–Crippen MR) is 152 cm³/mol. The van der Waals surface area contributed by atoms with Crippen LogP contribution in [0.3, 0.4) is 0 Å². The number of hydrogen-bond acceptors (Lipinski definition) is 4. The fourth-order valence-corrected chi connectivity index (χ4v) is 7.26. The van der Waals surface area contributed by atoms with Gasteiger partial charge < -0.3 is 14.2 Å². The molecular formula is C27H34F3N5O2S2. The molecule has 0 spiro atoms. The first-order valence-electron chi connectivity index (χ1n) is 13.1. The lowest BCUT2D eigenvalue weighted by Gasteiger charge is -2.32. The van der Waals surface area contributed by atoms with E-state index in [1.165, 1.54) is 35.0 Å².